The van der Waals surface area contributed by atoms with Gasteiger partial charge in [-0.3, -0.25) is 0 Å². The van der Waals surface area contributed by atoms with Crippen LogP contribution in [0.1, 0.15) is 20.3 Å². The maximum Gasteiger partial charge on any atom is 0.120 e. The number of aldehydes is 1. The highest BCUT2D eigenvalue weighted by Crippen LogP contribution is 2.07. The summed E-state index contributed by atoms with van der Waals surface area (Å²) in [5.41, 5.74) is 0. The lowest BCUT2D eigenvalue weighted by Gasteiger charge is -2.14. The number of hydrogen-bond donors (Lipinski definition) is 0. The fourth-order valence-electron chi connectivity index (χ4n) is 0.576. The fourth-order valence-corrected chi connectivity index (χ4v) is 0.576. The minimum absolute atomic E-state index is 0.190. The molecular formula is C7H14O2. The quantitative estimate of drug-likeness (QED) is 0.535. The second-order valence-electron chi connectivity index (χ2n) is 2.32. The van der Waals surface area contributed by atoms with E-state index in [0.29, 0.717) is 12.3 Å². The predicted molar refractivity (Wildman–Crippen MR) is 36.3 cm³/mol. The van der Waals surface area contributed by atoms with E-state index in [1.54, 1.807) is 7.11 Å². The van der Waals surface area contributed by atoms with Gasteiger partial charge in [0.2, 0.25) is 0 Å². The Kier molecular flexibility index (Phi) is 4.32. The van der Waals surface area contributed by atoms with Crippen molar-refractivity contribution in [3.8, 4) is 0 Å². The molecule has 0 heterocycles. The van der Waals surface area contributed by atoms with Crippen LogP contribution in [0.2, 0.25) is 0 Å². The van der Waals surface area contributed by atoms with Crippen LogP contribution in [-0.4, -0.2) is 19.5 Å². The fraction of sp³-hybridized carbons (Fsp3) is 0.857. The lowest BCUT2D eigenvalue weighted by atomic mass is 10.0. The molecule has 0 aliphatic carbocycles. The second kappa shape index (κ2) is 4.50. The molecule has 0 amide bonds. The molecule has 0 rings (SSSR count). The molecule has 2 heteroatoms. The molecule has 0 aromatic rings. The van der Waals surface area contributed by atoms with Crippen molar-refractivity contribution in [1.82, 2.24) is 0 Å². The summed E-state index contributed by atoms with van der Waals surface area (Å²) in [5, 5.41) is 0. The average molecular weight is 130 g/mol. The highest BCUT2D eigenvalue weighted by Gasteiger charge is 2.08. The van der Waals surface area contributed by atoms with Crippen LogP contribution in [0.3, 0.4) is 0 Å². The van der Waals surface area contributed by atoms with Crippen LogP contribution < -0.4 is 0 Å². The summed E-state index contributed by atoms with van der Waals surface area (Å²) in [6.07, 6.45) is 1.71. The molecular weight excluding hydrogens is 116 g/mol. The molecule has 9 heavy (non-hydrogen) atoms. The summed E-state index contributed by atoms with van der Waals surface area (Å²) in [4.78, 5) is 9.98. The Labute approximate surface area is 56.2 Å². The first-order chi connectivity index (χ1) is 4.22. The van der Waals surface area contributed by atoms with Crippen molar-refractivity contribution < 1.29 is 9.53 Å². The van der Waals surface area contributed by atoms with Gasteiger partial charge in [0.05, 0.1) is 6.10 Å². The third-order valence-electron chi connectivity index (χ3n) is 1.64. The summed E-state index contributed by atoms with van der Waals surface area (Å²) in [5.74, 6) is 0.340. The lowest BCUT2D eigenvalue weighted by Crippen LogP contribution is -2.16. The van der Waals surface area contributed by atoms with Gasteiger partial charge in [0.15, 0.2) is 0 Å². The Morgan fingerprint density at radius 2 is 2.11 bits per heavy atom. The van der Waals surface area contributed by atoms with Gasteiger partial charge in [-0.2, -0.15) is 0 Å². The van der Waals surface area contributed by atoms with Crippen molar-refractivity contribution >= 4 is 6.29 Å². The van der Waals surface area contributed by atoms with Gasteiger partial charge in [-0.25, -0.2) is 0 Å². The molecule has 0 saturated carbocycles. The van der Waals surface area contributed by atoms with E-state index in [2.05, 4.69) is 0 Å². The van der Waals surface area contributed by atoms with E-state index >= 15 is 0 Å². The van der Waals surface area contributed by atoms with Crippen molar-refractivity contribution in [2.24, 2.45) is 5.92 Å². The molecule has 0 spiro atoms. The van der Waals surface area contributed by atoms with Gasteiger partial charge in [0.25, 0.3) is 0 Å². The van der Waals surface area contributed by atoms with E-state index in [-0.39, 0.29) is 6.10 Å². The van der Waals surface area contributed by atoms with Crippen molar-refractivity contribution in [3.05, 3.63) is 0 Å². The first-order valence-corrected chi connectivity index (χ1v) is 3.18. The van der Waals surface area contributed by atoms with Crippen LogP contribution in [-0.2, 0) is 9.53 Å². The van der Waals surface area contributed by atoms with Gasteiger partial charge in [0.1, 0.15) is 6.29 Å². The predicted octanol–water partition coefficient (Wildman–Crippen LogP) is 1.25. The monoisotopic (exact) mass is 130 g/mol. The third kappa shape index (κ3) is 3.25. The van der Waals surface area contributed by atoms with Gasteiger partial charge in [-0.1, -0.05) is 6.92 Å². The molecule has 54 valence electrons. The van der Waals surface area contributed by atoms with Crippen molar-refractivity contribution in [2.75, 3.05) is 7.11 Å². The molecule has 2 unspecified atom stereocenters. The van der Waals surface area contributed by atoms with Gasteiger partial charge >= 0.3 is 0 Å². The van der Waals surface area contributed by atoms with Crippen LogP contribution in [0.15, 0.2) is 0 Å². The molecule has 0 radical (unpaired) electrons. The molecule has 0 aromatic heterocycles. The third-order valence-corrected chi connectivity index (χ3v) is 1.64. The Hall–Kier alpha value is -0.370. The lowest BCUT2D eigenvalue weighted by molar-refractivity contribution is -0.109. The standard InChI is InChI=1S/C7H14O2/c1-6(4-5-8)7(2)9-3/h5-7H,4H2,1-3H3. The van der Waals surface area contributed by atoms with E-state index in [4.69, 9.17) is 4.74 Å². The molecule has 0 aliphatic heterocycles. The summed E-state index contributed by atoms with van der Waals surface area (Å²) in [6, 6.07) is 0. The van der Waals surface area contributed by atoms with Gasteiger partial charge in [-0.15, -0.1) is 0 Å². The van der Waals surface area contributed by atoms with Crippen LogP contribution in [0, 0.1) is 5.92 Å². The van der Waals surface area contributed by atoms with E-state index in [9.17, 15) is 4.79 Å². The number of hydrogen-bond acceptors (Lipinski definition) is 2. The zero-order chi connectivity index (χ0) is 7.28. The molecule has 0 aliphatic rings. The molecule has 0 fully saturated rings. The molecule has 0 N–H and O–H groups in total. The number of methoxy groups -OCH3 is 1. The summed E-state index contributed by atoms with van der Waals surface area (Å²) in [7, 11) is 1.66. The first-order valence-electron chi connectivity index (χ1n) is 3.18. The zero-order valence-electron chi connectivity index (χ0n) is 6.26. The van der Waals surface area contributed by atoms with Crippen molar-refractivity contribution in [2.45, 2.75) is 26.4 Å². The minimum Gasteiger partial charge on any atom is -0.381 e. The number of rotatable bonds is 4. The SMILES string of the molecule is COC(C)C(C)CC=O. The Morgan fingerprint density at radius 3 is 2.44 bits per heavy atom. The summed E-state index contributed by atoms with van der Waals surface area (Å²) in [6.45, 7) is 3.97. The molecule has 0 aromatic carbocycles. The highest BCUT2D eigenvalue weighted by atomic mass is 16.5. The maximum absolute atomic E-state index is 9.98. The van der Waals surface area contributed by atoms with E-state index in [1.807, 2.05) is 13.8 Å². The summed E-state index contributed by atoms with van der Waals surface area (Å²) >= 11 is 0. The maximum atomic E-state index is 9.98. The van der Waals surface area contributed by atoms with Crippen LogP contribution in [0.5, 0.6) is 0 Å². The van der Waals surface area contributed by atoms with Crippen LogP contribution in [0.25, 0.3) is 0 Å². The van der Waals surface area contributed by atoms with E-state index in [0.717, 1.165) is 6.29 Å². The molecule has 0 bridgehead atoms. The van der Waals surface area contributed by atoms with Crippen molar-refractivity contribution in [3.63, 3.8) is 0 Å². The van der Waals surface area contributed by atoms with Crippen LogP contribution in [0.4, 0.5) is 0 Å². The molecule has 2 nitrogen and oxygen atoms in total. The number of carbonyl (C=O) groups is 1. The van der Waals surface area contributed by atoms with E-state index in [1.165, 1.54) is 0 Å². The normalized spacial score (nSPS) is 16.8. The number of ether oxygens (including phenoxy) is 1. The number of carbonyl (C=O) groups excluding carboxylic acids is 1. The Bertz CT molecular complexity index is 81.0. The van der Waals surface area contributed by atoms with Gasteiger partial charge in [0, 0.05) is 13.5 Å². The highest BCUT2D eigenvalue weighted by molar-refractivity contribution is 5.49. The summed E-state index contributed by atoms with van der Waals surface area (Å²) < 4.78 is 5.01. The first kappa shape index (κ1) is 8.63. The topological polar surface area (TPSA) is 26.3 Å². The van der Waals surface area contributed by atoms with Gasteiger partial charge < -0.3 is 9.53 Å². The Morgan fingerprint density at radius 1 is 1.56 bits per heavy atom. The van der Waals surface area contributed by atoms with Crippen LogP contribution >= 0.6 is 0 Å². The smallest absolute Gasteiger partial charge is 0.120 e. The van der Waals surface area contributed by atoms with Crippen molar-refractivity contribution in [1.29, 1.82) is 0 Å². The molecule has 0 saturated heterocycles. The average Bonchev–Trinajstić information content (AvgIpc) is 1.87. The minimum atomic E-state index is 0.190. The molecule has 2 atom stereocenters. The second-order valence-corrected chi connectivity index (χ2v) is 2.32. The Balaban J connectivity index is 3.44. The van der Waals surface area contributed by atoms with E-state index < -0.39 is 0 Å². The largest absolute Gasteiger partial charge is 0.381 e. The van der Waals surface area contributed by atoms with Gasteiger partial charge in [-0.05, 0) is 12.8 Å². The zero-order valence-corrected chi connectivity index (χ0v) is 6.26.